The maximum absolute atomic E-state index is 11.3. The smallest absolute Gasteiger partial charge is 0.407 e. The number of primary sulfonamides is 1. The first-order valence-corrected chi connectivity index (χ1v) is 7.72. The van der Waals surface area contributed by atoms with E-state index in [9.17, 15) is 13.2 Å². The van der Waals surface area contributed by atoms with Crippen molar-refractivity contribution in [1.29, 1.82) is 0 Å². The van der Waals surface area contributed by atoms with Gasteiger partial charge in [-0.1, -0.05) is 30.3 Å². The van der Waals surface area contributed by atoms with Crippen molar-refractivity contribution in [2.75, 3.05) is 25.5 Å². The molecule has 1 aromatic rings. The minimum atomic E-state index is -3.50. The van der Waals surface area contributed by atoms with Crippen molar-refractivity contribution in [3.63, 3.8) is 0 Å². The summed E-state index contributed by atoms with van der Waals surface area (Å²) in [4.78, 5) is 11.3. The highest BCUT2D eigenvalue weighted by Gasteiger charge is 2.03. The molecule has 0 unspecified atom stereocenters. The van der Waals surface area contributed by atoms with E-state index >= 15 is 0 Å². The van der Waals surface area contributed by atoms with Crippen LogP contribution < -0.4 is 10.5 Å². The summed E-state index contributed by atoms with van der Waals surface area (Å²) >= 11 is 0. The van der Waals surface area contributed by atoms with E-state index in [4.69, 9.17) is 14.6 Å². The Balaban J connectivity index is 2.03. The van der Waals surface area contributed by atoms with Crippen LogP contribution in [0.5, 0.6) is 0 Å². The van der Waals surface area contributed by atoms with Crippen LogP contribution >= 0.6 is 0 Å². The third-order valence-electron chi connectivity index (χ3n) is 2.24. The third kappa shape index (κ3) is 8.46. The summed E-state index contributed by atoms with van der Waals surface area (Å²) < 4.78 is 31.2. The Morgan fingerprint density at radius 1 is 1.20 bits per heavy atom. The lowest BCUT2D eigenvalue weighted by molar-refractivity contribution is 0.125. The van der Waals surface area contributed by atoms with Crippen molar-refractivity contribution in [2.24, 2.45) is 5.14 Å². The Morgan fingerprint density at radius 3 is 2.55 bits per heavy atom. The maximum Gasteiger partial charge on any atom is 0.407 e. The Kier molecular flexibility index (Phi) is 6.99. The van der Waals surface area contributed by atoms with E-state index in [0.29, 0.717) is 0 Å². The number of benzene rings is 1. The lowest BCUT2D eigenvalue weighted by Crippen LogP contribution is -2.28. The highest BCUT2D eigenvalue weighted by molar-refractivity contribution is 7.89. The zero-order chi connectivity index (χ0) is 14.8. The number of nitrogens with one attached hydrogen (secondary N) is 1. The van der Waals surface area contributed by atoms with E-state index < -0.39 is 16.1 Å². The van der Waals surface area contributed by atoms with Crippen molar-refractivity contribution in [3.05, 3.63) is 35.9 Å². The van der Waals surface area contributed by atoms with Gasteiger partial charge in [-0.25, -0.2) is 18.4 Å². The highest BCUT2D eigenvalue weighted by Crippen LogP contribution is 2.00. The Bertz CT molecular complexity index is 504. The van der Waals surface area contributed by atoms with Crippen molar-refractivity contribution in [1.82, 2.24) is 5.32 Å². The molecule has 0 saturated carbocycles. The van der Waals surface area contributed by atoms with Gasteiger partial charge in [0, 0.05) is 6.54 Å². The number of alkyl carbamates (subject to hydrolysis) is 1. The van der Waals surface area contributed by atoms with E-state index in [1.807, 2.05) is 30.3 Å². The molecule has 8 heteroatoms. The number of ether oxygens (including phenoxy) is 2. The number of hydrogen-bond donors (Lipinski definition) is 2. The van der Waals surface area contributed by atoms with Crippen molar-refractivity contribution in [2.45, 2.75) is 6.61 Å². The predicted molar refractivity (Wildman–Crippen MR) is 73.4 cm³/mol. The quantitative estimate of drug-likeness (QED) is 0.668. The second kappa shape index (κ2) is 8.51. The second-order valence-corrected chi connectivity index (χ2v) is 5.70. The highest BCUT2D eigenvalue weighted by atomic mass is 32.2. The van der Waals surface area contributed by atoms with E-state index in [2.05, 4.69) is 5.32 Å². The summed E-state index contributed by atoms with van der Waals surface area (Å²) in [7, 11) is -3.50. The molecule has 0 spiro atoms. The molecule has 0 aromatic heterocycles. The third-order valence-corrected chi connectivity index (χ3v) is 2.98. The standard InChI is InChI=1S/C12H18N2O5S/c13-20(16,17)9-8-18-7-6-14-12(15)19-10-11-4-2-1-3-5-11/h1-5H,6-10H2,(H,14,15)(H2,13,16,17). The molecule has 1 rings (SSSR count). The summed E-state index contributed by atoms with van der Waals surface area (Å²) in [5.74, 6) is -0.245. The lowest BCUT2D eigenvalue weighted by Gasteiger charge is -2.07. The molecular weight excluding hydrogens is 284 g/mol. The molecule has 20 heavy (non-hydrogen) atoms. The molecule has 0 aliphatic rings. The molecule has 0 atom stereocenters. The zero-order valence-corrected chi connectivity index (χ0v) is 11.8. The van der Waals surface area contributed by atoms with Crippen LogP contribution in [0.4, 0.5) is 4.79 Å². The van der Waals surface area contributed by atoms with E-state index in [0.717, 1.165) is 5.56 Å². The van der Waals surface area contributed by atoms with Crippen LogP contribution in [0.1, 0.15) is 5.56 Å². The van der Waals surface area contributed by atoms with E-state index in [1.54, 1.807) is 0 Å². The fourth-order valence-electron chi connectivity index (χ4n) is 1.28. The lowest BCUT2D eigenvalue weighted by atomic mass is 10.2. The first kappa shape index (κ1) is 16.4. The zero-order valence-electron chi connectivity index (χ0n) is 10.9. The average molecular weight is 302 g/mol. The van der Waals surface area contributed by atoms with Gasteiger partial charge >= 0.3 is 6.09 Å². The molecule has 1 aromatic carbocycles. The normalized spacial score (nSPS) is 11.1. The fraction of sp³-hybridized carbons (Fsp3) is 0.417. The van der Waals surface area contributed by atoms with Crippen molar-refractivity contribution >= 4 is 16.1 Å². The van der Waals surface area contributed by atoms with Crippen molar-refractivity contribution in [3.8, 4) is 0 Å². The van der Waals surface area contributed by atoms with Crippen LogP contribution in [0.3, 0.4) is 0 Å². The van der Waals surface area contributed by atoms with Gasteiger partial charge in [-0.3, -0.25) is 0 Å². The molecule has 0 heterocycles. The summed E-state index contributed by atoms with van der Waals surface area (Å²) in [5, 5.41) is 7.28. The van der Waals surface area contributed by atoms with Gasteiger partial charge in [0.15, 0.2) is 0 Å². The maximum atomic E-state index is 11.3. The molecule has 0 aliphatic carbocycles. The SMILES string of the molecule is NS(=O)(=O)CCOCCNC(=O)OCc1ccccc1. The summed E-state index contributed by atoms with van der Waals surface area (Å²) in [5.41, 5.74) is 0.895. The first-order chi connectivity index (χ1) is 9.47. The van der Waals surface area contributed by atoms with Crippen molar-refractivity contribution < 1.29 is 22.7 Å². The number of amides is 1. The van der Waals surface area contributed by atoms with Gasteiger partial charge in [0.25, 0.3) is 0 Å². The van der Waals surface area contributed by atoms with Crippen LogP contribution in [0, 0.1) is 0 Å². The van der Waals surface area contributed by atoms with Crippen LogP contribution in [-0.2, 0) is 26.1 Å². The van der Waals surface area contributed by atoms with Crippen LogP contribution in [-0.4, -0.2) is 40.0 Å². The van der Waals surface area contributed by atoms with Gasteiger partial charge in [0.05, 0.1) is 19.0 Å². The Morgan fingerprint density at radius 2 is 1.90 bits per heavy atom. The minimum absolute atomic E-state index is 0.000420. The van der Waals surface area contributed by atoms with Gasteiger partial charge in [-0.05, 0) is 5.56 Å². The molecule has 0 fully saturated rings. The number of carbonyl (C=O) groups is 1. The van der Waals surface area contributed by atoms with Gasteiger partial charge < -0.3 is 14.8 Å². The largest absolute Gasteiger partial charge is 0.445 e. The summed E-state index contributed by atoms with van der Waals surface area (Å²) in [6.45, 7) is 0.618. The Hall–Kier alpha value is -1.64. The van der Waals surface area contributed by atoms with Crippen LogP contribution in [0.2, 0.25) is 0 Å². The van der Waals surface area contributed by atoms with Gasteiger partial charge in [0.1, 0.15) is 6.61 Å². The van der Waals surface area contributed by atoms with E-state index in [1.165, 1.54) is 0 Å². The second-order valence-electron chi connectivity index (χ2n) is 3.97. The fourth-order valence-corrected chi connectivity index (χ4v) is 1.63. The predicted octanol–water partition coefficient (Wildman–Crippen LogP) is 0.218. The number of carbonyl (C=O) groups excluding carboxylic acids is 1. The Labute approximate surface area is 118 Å². The molecule has 7 nitrogen and oxygen atoms in total. The number of nitrogens with two attached hydrogens (primary N) is 1. The molecule has 0 bridgehead atoms. The first-order valence-electron chi connectivity index (χ1n) is 6.00. The molecular formula is C12H18N2O5S. The molecule has 1 amide bonds. The number of rotatable bonds is 8. The summed E-state index contributed by atoms with van der Waals surface area (Å²) in [6.07, 6.45) is -0.552. The van der Waals surface area contributed by atoms with Crippen LogP contribution in [0.15, 0.2) is 30.3 Å². The molecule has 0 saturated heterocycles. The topological polar surface area (TPSA) is 108 Å². The molecule has 0 aliphatic heterocycles. The minimum Gasteiger partial charge on any atom is -0.445 e. The summed E-state index contributed by atoms with van der Waals surface area (Å²) in [6, 6.07) is 9.29. The van der Waals surface area contributed by atoms with E-state index in [-0.39, 0.29) is 32.1 Å². The van der Waals surface area contributed by atoms with Gasteiger partial charge in [0.2, 0.25) is 10.0 Å². The molecule has 0 radical (unpaired) electrons. The number of hydrogen-bond acceptors (Lipinski definition) is 5. The van der Waals surface area contributed by atoms with Gasteiger partial charge in [-0.2, -0.15) is 0 Å². The van der Waals surface area contributed by atoms with Crippen LogP contribution in [0.25, 0.3) is 0 Å². The van der Waals surface area contributed by atoms with Gasteiger partial charge in [-0.15, -0.1) is 0 Å². The molecule has 112 valence electrons. The molecule has 3 N–H and O–H groups in total. The monoisotopic (exact) mass is 302 g/mol. The number of sulfonamides is 1. The average Bonchev–Trinajstić information content (AvgIpc) is 2.40.